The fraction of sp³-hybridized carbons (Fsp3) is 0.297. The van der Waals surface area contributed by atoms with Crippen LogP contribution in [0.25, 0.3) is 0 Å². The molecule has 4 aromatic rings. The summed E-state index contributed by atoms with van der Waals surface area (Å²) in [6.45, 7) is 5.83. The zero-order valence-electron chi connectivity index (χ0n) is 27.9. The van der Waals surface area contributed by atoms with E-state index in [0.717, 1.165) is 25.5 Å². The molecule has 0 heterocycles. The molecule has 0 radical (unpaired) electrons. The molecule has 0 fully saturated rings. The lowest BCUT2D eigenvalue weighted by molar-refractivity contribution is -0.140. The van der Waals surface area contributed by atoms with Gasteiger partial charge in [0.2, 0.25) is 11.8 Å². The molecular weight excluding hydrogens is 694 g/mol. The minimum atomic E-state index is -4.31. The normalized spacial score (nSPS) is 11.9. The highest BCUT2D eigenvalue weighted by molar-refractivity contribution is 9.10. The number of methoxy groups -OCH3 is 2. The molecule has 0 unspecified atom stereocenters. The van der Waals surface area contributed by atoms with Crippen molar-refractivity contribution in [2.75, 3.05) is 31.6 Å². The molecule has 254 valence electrons. The molecule has 0 aromatic heterocycles. The number of aryl methyl sites for hydroxylation is 1. The molecule has 0 aliphatic carbocycles. The van der Waals surface area contributed by atoms with Crippen LogP contribution in [0, 0.1) is 12.8 Å². The fourth-order valence-electron chi connectivity index (χ4n) is 5.11. The van der Waals surface area contributed by atoms with Gasteiger partial charge in [0.15, 0.2) is 11.5 Å². The van der Waals surface area contributed by atoms with E-state index in [9.17, 15) is 18.0 Å². The van der Waals surface area contributed by atoms with Gasteiger partial charge in [-0.05, 0) is 60.4 Å². The first kappa shape index (κ1) is 36.5. The van der Waals surface area contributed by atoms with Crippen LogP contribution in [-0.4, -0.2) is 58.5 Å². The topological polar surface area (TPSA) is 105 Å². The Labute approximate surface area is 292 Å². The number of carbonyl (C=O) groups is 2. The molecule has 48 heavy (non-hydrogen) atoms. The molecule has 9 nitrogen and oxygen atoms in total. The lowest BCUT2D eigenvalue weighted by Crippen LogP contribution is -2.53. The summed E-state index contributed by atoms with van der Waals surface area (Å²) in [5, 5.41) is 3.01. The van der Waals surface area contributed by atoms with Gasteiger partial charge in [-0.15, -0.1) is 0 Å². The fourth-order valence-corrected chi connectivity index (χ4v) is 6.80. The minimum absolute atomic E-state index is 0.0801. The van der Waals surface area contributed by atoms with Crippen molar-refractivity contribution in [2.24, 2.45) is 5.92 Å². The Morgan fingerprint density at radius 3 is 2.08 bits per heavy atom. The van der Waals surface area contributed by atoms with Crippen molar-refractivity contribution in [3.05, 3.63) is 118 Å². The number of hydrogen-bond acceptors (Lipinski definition) is 6. The monoisotopic (exact) mass is 735 g/mol. The van der Waals surface area contributed by atoms with Gasteiger partial charge in [-0.25, -0.2) is 8.42 Å². The van der Waals surface area contributed by atoms with Gasteiger partial charge >= 0.3 is 0 Å². The average molecular weight is 737 g/mol. The second kappa shape index (κ2) is 16.7. The Kier molecular flexibility index (Phi) is 12.7. The highest BCUT2D eigenvalue weighted by atomic mass is 79.9. The van der Waals surface area contributed by atoms with Crippen LogP contribution in [0.3, 0.4) is 0 Å². The lowest BCUT2D eigenvalue weighted by atomic mass is 10.0. The van der Waals surface area contributed by atoms with E-state index in [0.29, 0.717) is 18.0 Å². The second-order valence-electron chi connectivity index (χ2n) is 11.9. The van der Waals surface area contributed by atoms with E-state index in [2.05, 4.69) is 21.2 Å². The van der Waals surface area contributed by atoms with E-state index < -0.39 is 28.5 Å². The number of amides is 2. The molecule has 11 heteroatoms. The maximum Gasteiger partial charge on any atom is 0.264 e. The summed E-state index contributed by atoms with van der Waals surface area (Å²) in [7, 11) is -1.43. The molecule has 0 aliphatic heterocycles. The van der Waals surface area contributed by atoms with E-state index in [1.165, 1.54) is 37.3 Å². The van der Waals surface area contributed by atoms with Crippen LogP contribution in [0.5, 0.6) is 11.5 Å². The first-order valence-corrected chi connectivity index (χ1v) is 17.8. The highest BCUT2D eigenvalue weighted by Crippen LogP contribution is 2.32. The Morgan fingerprint density at radius 2 is 1.48 bits per heavy atom. The molecule has 2 amide bonds. The maximum atomic E-state index is 14.6. The van der Waals surface area contributed by atoms with Crippen molar-refractivity contribution in [1.29, 1.82) is 0 Å². The van der Waals surface area contributed by atoms with Crippen LogP contribution in [0.15, 0.2) is 106 Å². The molecule has 4 rings (SSSR count). The standard InChI is InChI=1S/C37H42BrN3O6S/c1-26(2)23-39-37(43)33(21-28-9-7-6-8-10-28)40(24-29-13-15-30(38)16-14-29)36(42)25-41(31-17-11-27(3)12-18-31)48(44,45)32-19-20-34(46-4)35(22-32)47-5/h6-20,22,26,33H,21,23-25H2,1-5H3,(H,39,43)/t33-/m1/s1. The third kappa shape index (κ3) is 9.38. The van der Waals surface area contributed by atoms with Crippen molar-refractivity contribution in [1.82, 2.24) is 10.2 Å². The smallest absolute Gasteiger partial charge is 0.264 e. The van der Waals surface area contributed by atoms with Crippen LogP contribution in [-0.2, 0) is 32.6 Å². The van der Waals surface area contributed by atoms with Crippen LogP contribution < -0.4 is 19.1 Å². The van der Waals surface area contributed by atoms with Gasteiger partial charge in [-0.1, -0.05) is 89.9 Å². The quantitative estimate of drug-likeness (QED) is 0.152. The van der Waals surface area contributed by atoms with Crippen LogP contribution >= 0.6 is 15.9 Å². The summed E-state index contributed by atoms with van der Waals surface area (Å²) < 4.78 is 41.4. The lowest BCUT2D eigenvalue weighted by Gasteiger charge is -2.34. The molecule has 0 saturated heterocycles. The van der Waals surface area contributed by atoms with Gasteiger partial charge in [0, 0.05) is 30.0 Å². The molecule has 4 aromatic carbocycles. The van der Waals surface area contributed by atoms with Gasteiger partial charge < -0.3 is 19.7 Å². The number of nitrogens with zero attached hydrogens (tertiary/aromatic N) is 2. The number of carbonyl (C=O) groups excluding carboxylic acids is 2. The number of halogens is 1. The van der Waals surface area contributed by atoms with Crippen LogP contribution in [0.1, 0.15) is 30.5 Å². The molecule has 0 saturated carbocycles. The van der Waals surface area contributed by atoms with E-state index >= 15 is 0 Å². The molecule has 0 aliphatic rings. The number of hydrogen-bond donors (Lipinski definition) is 1. The average Bonchev–Trinajstić information content (AvgIpc) is 3.08. The molecular formula is C37H42BrN3O6S. The minimum Gasteiger partial charge on any atom is -0.493 e. The zero-order valence-corrected chi connectivity index (χ0v) is 30.3. The number of nitrogens with one attached hydrogen (secondary N) is 1. The first-order chi connectivity index (χ1) is 22.9. The molecule has 1 N–H and O–H groups in total. The Morgan fingerprint density at radius 1 is 0.833 bits per heavy atom. The van der Waals surface area contributed by atoms with Gasteiger partial charge in [0.1, 0.15) is 12.6 Å². The van der Waals surface area contributed by atoms with E-state index in [-0.39, 0.29) is 35.4 Å². The van der Waals surface area contributed by atoms with Crippen molar-refractivity contribution >= 4 is 43.5 Å². The Hall–Kier alpha value is -4.35. The predicted octanol–water partition coefficient (Wildman–Crippen LogP) is 6.38. The van der Waals surface area contributed by atoms with Gasteiger partial charge in [-0.3, -0.25) is 13.9 Å². The number of sulfonamides is 1. The van der Waals surface area contributed by atoms with E-state index in [1.807, 2.05) is 75.4 Å². The zero-order chi connectivity index (χ0) is 34.8. The molecule has 0 spiro atoms. The van der Waals surface area contributed by atoms with E-state index in [1.54, 1.807) is 24.3 Å². The number of benzene rings is 4. The molecule has 0 bridgehead atoms. The third-order valence-corrected chi connectivity index (χ3v) is 10.1. The largest absolute Gasteiger partial charge is 0.493 e. The highest BCUT2D eigenvalue weighted by Gasteiger charge is 2.35. The summed E-state index contributed by atoms with van der Waals surface area (Å²) in [4.78, 5) is 29.9. The third-order valence-electron chi connectivity index (χ3n) is 7.77. The van der Waals surface area contributed by atoms with Gasteiger partial charge in [0.25, 0.3) is 10.0 Å². The summed E-state index contributed by atoms with van der Waals surface area (Å²) in [6.07, 6.45) is 0.236. The number of ether oxygens (including phenoxy) is 2. The van der Waals surface area contributed by atoms with Crippen molar-refractivity contribution < 1.29 is 27.5 Å². The van der Waals surface area contributed by atoms with Gasteiger partial charge in [-0.2, -0.15) is 0 Å². The van der Waals surface area contributed by atoms with Crippen LogP contribution in [0.4, 0.5) is 5.69 Å². The first-order valence-electron chi connectivity index (χ1n) is 15.6. The summed E-state index contributed by atoms with van der Waals surface area (Å²) in [6, 6.07) is 27.2. The summed E-state index contributed by atoms with van der Waals surface area (Å²) in [5.41, 5.74) is 2.88. The second-order valence-corrected chi connectivity index (χ2v) is 14.6. The van der Waals surface area contributed by atoms with Crippen molar-refractivity contribution in [3.8, 4) is 11.5 Å². The predicted molar refractivity (Wildman–Crippen MR) is 192 cm³/mol. The Bertz CT molecular complexity index is 1780. The molecule has 1 atom stereocenters. The van der Waals surface area contributed by atoms with E-state index in [4.69, 9.17) is 9.47 Å². The maximum absolute atomic E-state index is 14.6. The van der Waals surface area contributed by atoms with Crippen LogP contribution in [0.2, 0.25) is 0 Å². The number of anilines is 1. The van der Waals surface area contributed by atoms with Crippen molar-refractivity contribution in [3.63, 3.8) is 0 Å². The summed E-state index contributed by atoms with van der Waals surface area (Å²) in [5.74, 6) is -0.0712. The SMILES string of the molecule is COc1ccc(S(=O)(=O)N(CC(=O)N(Cc2ccc(Br)cc2)[C@H](Cc2ccccc2)C(=O)NCC(C)C)c2ccc(C)cc2)cc1OC. The Balaban J connectivity index is 1.81. The van der Waals surface area contributed by atoms with Crippen molar-refractivity contribution in [2.45, 2.75) is 44.7 Å². The van der Waals surface area contributed by atoms with Gasteiger partial charge in [0.05, 0.1) is 24.8 Å². The number of rotatable bonds is 15. The summed E-state index contributed by atoms with van der Waals surface area (Å²) >= 11 is 3.46.